The summed E-state index contributed by atoms with van der Waals surface area (Å²) in [5.41, 5.74) is 6.63. The molecule has 1 aliphatic rings. The zero-order valence-corrected chi connectivity index (χ0v) is 26.5. The standard InChI is InChI=1S/C40H54O2/c1-6-10-16-38(41)17-12-11-13-30-40(5,36-24-22-35(23-25-36)34(14-7-2)15-8-3)37-26-28-39(29-27-37)42-31-33-20-18-32(9-4)19-21-33/h6,9,11,13,18-22,24,26-29,34,38,41H,1,4,7-8,10,12,14-17,23,25,30-31H2,2-3,5H3. The van der Waals surface area contributed by atoms with Gasteiger partial charge in [0.1, 0.15) is 12.4 Å². The molecular weight excluding hydrogens is 512 g/mol. The average molecular weight is 567 g/mol. The van der Waals surface area contributed by atoms with Crippen LogP contribution in [-0.2, 0) is 12.0 Å². The minimum atomic E-state index is -0.254. The van der Waals surface area contributed by atoms with Gasteiger partial charge in [-0.2, -0.15) is 0 Å². The van der Waals surface area contributed by atoms with Crippen molar-refractivity contribution in [2.45, 2.75) is 110 Å². The minimum Gasteiger partial charge on any atom is -0.489 e. The van der Waals surface area contributed by atoms with E-state index in [1.54, 1.807) is 5.57 Å². The van der Waals surface area contributed by atoms with Crippen LogP contribution < -0.4 is 4.74 Å². The summed E-state index contributed by atoms with van der Waals surface area (Å²) in [7, 11) is 0. The zero-order chi connectivity index (χ0) is 30.2. The summed E-state index contributed by atoms with van der Waals surface area (Å²) in [6.45, 7) is 15.2. The Hall–Kier alpha value is -3.10. The van der Waals surface area contributed by atoms with E-state index < -0.39 is 0 Å². The molecule has 0 heterocycles. The molecule has 1 aliphatic carbocycles. The van der Waals surface area contributed by atoms with Crippen molar-refractivity contribution in [2.24, 2.45) is 5.92 Å². The van der Waals surface area contributed by atoms with Crippen molar-refractivity contribution in [2.75, 3.05) is 0 Å². The van der Waals surface area contributed by atoms with Gasteiger partial charge in [-0.1, -0.05) is 124 Å². The first-order valence-corrected chi connectivity index (χ1v) is 16.2. The van der Waals surface area contributed by atoms with Crippen molar-refractivity contribution in [1.29, 1.82) is 0 Å². The fourth-order valence-corrected chi connectivity index (χ4v) is 6.12. The fourth-order valence-electron chi connectivity index (χ4n) is 6.12. The lowest BCUT2D eigenvalue weighted by molar-refractivity contribution is 0.157. The van der Waals surface area contributed by atoms with Crippen molar-refractivity contribution >= 4 is 6.08 Å². The highest BCUT2D eigenvalue weighted by molar-refractivity contribution is 5.47. The van der Waals surface area contributed by atoms with E-state index in [-0.39, 0.29) is 11.5 Å². The van der Waals surface area contributed by atoms with E-state index in [4.69, 9.17) is 4.74 Å². The summed E-state index contributed by atoms with van der Waals surface area (Å²) >= 11 is 0. The van der Waals surface area contributed by atoms with Gasteiger partial charge in [0, 0.05) is 5.41 Å². The lowest BCUT2D eigenvalue weighted by atomic mass is 9.69. The van der Waals surface area contributed by atoms with Gasteiger partial charge in [0.15, 0.2) is 0 Å². The maximum Gasteiger partial charge on any atom is 0.119 e. The second kappa shape index (κ2) is 17.8. The van der Waals surface area contributed by atoms with Crippen LogP contribution in [0.25, 0.3) is 6.08 Å². The van der Waals surface area contributed by atoms with Crippen molar-refractivity contribution in [1.82, 2.24) is 0 Å². The zero-order valence-electron chi connectivity index (χ0n) is 26.5. The number of rotatable bonds is 19. The molecule has 0 radical (unpaired) electrons. The van der Waals surface area contributed by atoms with Gasteiger partial charge in [0.2, 0.25) is 0 Å². The van der Waals surface area contributed by atoms with Gasteiger partial charge in [-0.3, -0.25) is 0 Å². The second-order valence-corrected chi connectivity index (χ2v) is 12.1. The lowest BCUT2D eigenvalue weighted by Gasteiger charge is -2.35. The predicted octanol–water partition coefficient (Wildman–Crippen LogP) is 11.1. The normalized spacial score (nSPS) is 15.6. The van der Waals surface area contributed by atoms with Crippen LogP contribution in [0, 0.1) is 5.92 Å². The number of ether oxygens (including phenoxy) is 1. The third-order valence-corrected chi connectivity index (χ3v) is 8.86. The monoisotopic (exact) mass is 566 g/mol. The van der Waals surface area contributed by atoms with E-state index >= 15 is 0 Å². The van der Waals surface area contributed by atoms with Gasteiger partial charge in [0.05, 0.1) is 6.10 Å². The number of hydrogen-bond acceptors (Lipinski definition) is 2. The fraction of sp³-hybridized carbons (Fsp3) is 0.450. The predicted molar refractivity (Wildman–Crippen MR) is 182 cm³/mol. The van der Waals surface area contributed by atoms with Crippen LogP contribution in [0.2, 0.25) is 0 Å². The van der Waals surface area contributed by atoms with Gasteiger partial charge < -0.3 is 9.84 Å². The van der Waals surface area contributed by atoms with Crippen molar-refractivity contribution in [3.63, 3.8) is 0 Å². The highest BCUT2D eigenvalue weighted by Gasteiger charge is 2.31. The molecule has 2 atom stereocenters. The lowest BCUT2D eigenvalue weighted by Crippen LogP contribution is -2.26. The Morgan fingerprint density at radius 2 is 1.55 bits per heavy atom. The van der Waals surface area contributed by atoms with Gasteiger partial charge >= 0.3 is 0 Å². The summed E-state index contributed by atoms with van der Waals surface area (Å²) in [6, 6.07) is 17.1. The molecule has 2 nitrogen and oxygen atoms in total. The summed E-state index contributed by atoms with van der Waals surface area (Å²) in [5.74, 6) is 1.61. The molecule has 0 amide bonds. The van der Waals surface area contributed by atoms with Gasteiger partial charge in [-0.15, -0.1) is 6.58 Å². The van der Waals surface area contributed by atoms with Crippen LogP contribution in [0.15, 0.2) is 103 Å². The van der Waals surface area contributed by atoms with E-state index in [0.717, 1.165) is 67.7 Å². The maximum absolute atomic E-state index is 10.2. The maximum atomic E-state index is 10.2. The first-order chi connectivity index (χ1) is 20.4. The highest BCUT2D eigenvalue weighted by atomic mass is 16.5. The van der Waals surface area contributed by atoms with E-state index in [9.17, 15) is 5.11 Å². The Labute approximate surface area is 256 Å². The molecule has 3 rings (SSSR count). The topological polar surface area (TPSA) is 29.5 Å². The molecule has 0 saturated heterocycles. The third-order valence-electron chi connectivity index (χ3n) is 8.86. The van der Waals surface area contributed by atoms with Crippen LogP contribution >= 0.6 is 0 Å². The highest BCUT2D eigenvalue weighted by Crippen LogP contribution is 2.42. The molecule has 0 bridgehead atoms. The van der Waals surface area contributed by atoms with E-state index in [1.807, 2.05) is 12.2 Å². The number of aliphatic hydroxyl groups is 1. The van der Waals surface area contributed by atoms with Crippen molar-refractivity contribution in [3.05, 3.63) is 120 Å². The molecule has 42 heavy (non-hydrogen) atoms. The molecule has 1 N–H and O–H groups in total. The molecule has 2 aromatic carbocycles. The number of benzene rings is 2. The molecular formula is C40H54O2. The molecule has 2 aromatic rings. The smallest absolute Gasteiger partial charge is 0.119 e. The summed E-state index contributed by atoms with van der Waals surface area (Å²) < 4.78 is 6.13. The molecule has 0 fully saturated rings. The van der Waals surface area contributed by atoms with Crippen LogP contribution in [-0.4, -0.2) is 11.2 Å². The second-order valence-electron chi connectivity index (χ2n) is 12.1. The van der Waals surface area contributed by atoms with Crippen LogP contribution in [0.1, 0.15) is 108 Å². The molecule has 0 saturated carbocycles. The molecule has 2 unspecified atom stereocenters. The Bertz CT molecular complexity index is 1180. The number of allylic oxidation sites excluding steroid dienone is 7. The molecule has 226 valence electrons. The van der Waals surface area contributed by atoms with Crippen LogP contribution in [0.3, 0.4) is 0 Å². The van der Waals surface area contributed by atoms with Crippen molar-refractivity contribution in [3.8, 4) is 5.75 Å². The Kier molecular flexibility index (Phi) is 14.1. The summed E-state index contributed by atoms with van der Waals surface area (Å²) in [5, 5.41) is 10.2. The molecule has 0 aromatic heterocycles. The quantitative estimate of drug-likeness (QED) is 0.171. The molecule has 0 spiro atoms. The van der Waals surface area contributed by atoms with E-state index in [1.165, 1.54) is 36.8 Å². The van der Waals surface area contributed by atoms with E-state index in [0.29, 0.717) is 6.61 Å². The Balaban J connectivity index is 1.77. The number of aliphatic hydroxyl groups excluding tert-OH is 1. The number of hydrogen-bond donors (Lipinski definition) is 1. The SMILES string of the molecule is C=CCCC(O)CCC=CCC(C)(C1=CC=C(C(CCC)CCC)CC1)c1ccc(OCc2ccc(C=C)cc2)cc1. The van der Waals surface area contributed by atoms with Crippen LogP contribution in [0.5, 0.6) is 5.75 Å². The largest absolute Gasteiger partial charge is 0.489 e. The van der Waals surface area contributed by atoms with Crippen LogP contribution in [0.4, 0.5) is 0 Å². The molecule has 0 aliphatic heterocycles. The minimum absolute atomic E-state index is 0.0932. The van der Waals surface area contributed by atoms with Crippen molar-refractivity contribution < 1.29 is 9.84 Å². The first-order valence-electron chi connectivity index (χ1n) is 16.2. The Morgan fingerprint density at radius 3 is 2.14 bits per heavy atom. The third kappa shape index (κ3) is 10.0. The van der Waals surface area contributed by atoms with Gasteiger partial charge in [0.25, 0.3) is 0 Å². The van der Waals surface area contributed by atoms with E-state index in [2.05, 4.69) is 107 Å². The summed E-state index contributed by atoms with van der Waals surface area (Å²) in [4.78, 5) is 0. The Morgan fingerprint density at radius 1 is 0.857 bits per heavy atom. The van der Waals surface area contributed by atoms with Gasteiger partial charge in [-0.05, 0) is 92.5 Å². The summed E-state index contributed by atoms with van der Waals surface area (Å²) in [6.07, 6.45) is 24.6. The first kappa shape index (κ1) is 33.4. The molecule has 2 heteroatoms. The van der Waals surface area contributed by atoms with Gasteiger partial charge in [-0.25, -0.2) is 0 Å². The average Bonchev–Trinajstić information content (AvgIpc) is 3.03.